The average molecular weight is 366 g/mol. The van der Waals surface area contributed by atoms with Crippen LogP contribution in [0.15, 0.2) is 0 Å². The number of unbranched alkanes of at least 4 members (excludes halogenated alkanes) is 2. The predicted molar refractivity (Wildman–Crippen MR) is 91.0 cm³/mol. The molecule has 0 spiro atoms. The van der Waals surface area contributed by atoms with Crippen LogP contribution >= 0.6 is 12.0 Å². The smallest absolute Gasteiger partial charge is 0.322 e. The van der Waals surface area contributed by atoms with Crippen molar-refractivity contribution >= 4 is 24.0 Å². The van der Waals surface area contributed by atoms with Gasteiger partial charge in [0.15, 0.2) is 0 Å². The quantitative estimate of drug-likeness (QED) is 0.213. The van der Waals surface area contributed by atoms with Crippen molar-refractivity contribution < 1.29 is 33.7 Å². The molecule has 3 unspecified atom stereocenters. The first-order chi connectivity index (χ1) is 11.4. The van der Waals surface area contributed by atoms with E-state index in [9.17, 15) is 9.59 Å². The van der Waals surface area contributed by atoms with Crippen LogP contribution in [0.2, 0.25) is 0 Å². The Balaban J connectivity index is 4.46. The molecule has 24 heavy (non-hydrogen) atoms. The van der Waals surface area contributed by atoms with Crippen LogP contribution in [0.1, 0.15) is 72.6 Å². The molecule has 8 heteroatoms. The van der Waals surface area contributed by atoms with E-state index in [1.165, 1.54) is 0 Å². The normalized spacial score (nSPS) is 14.7. The van der Waals surface area contributed by atoms with Crippen LogP contribution in [-0.2, 0) is 28.4 Å². The number of esters is 2. The Morgan fingerprint density at radius 3 is 2.04 bits per heavy atom. The Hall–Kier alpha value is -0.830. The summed E-state index contributed by atoms with van der Waals surface area (Å²) in [6, 6.07) is 0. The SMILES string of the molecule is CCCCC(C)OC(=O)CC(SOOO)C(=O)OC(C)CCCC. The largest absolute Gasteiger partial charge is 0.463 e. The van der Waals surface area contributed by atoms with Crippen LogP contribution in [-0.4, -0.2) is 34.7 Å². The minimum Gasteiger partial charge on any atom is -0.463 e. The van der Waals surface area contributed by atoms with Crippen LogP contribution in [0.5, 0.6) is 0 Å². The molecule has 0 fully saturated rings. The van der Waals surface area contributed by atoms with Gasteiger partial charge in [-0.05, 0) is 26.7 Å². The number of hydrogen-bond donors (Lipinski definition) is 1. The summed E-state index contributed by atoms with van der Waals surface area (Å²) in [5.74, 6) is -1.12. The molecule has 1 N–H and O–H groups in total. The van der Waals surface area contributed by atoms with Crippen molar-refractivity contribution in [3.8, 4) is 0 Å². The molecule has 0 amide bonds. The standard InChI is InChI=1S/C16H30O7S/c1-5-7-9-12(3)20-15(17)11-14(24-23-22-19)16(18)21-13(4)10-8-6-2/h12-14,19H,5-11H2,1-4H3. The Morgan fingerprint density at radius 2 is 1.54 bits per heavy atom. The third-order valence-corrected chi connectivity index (χ3v) is 4.11. The summed E-state index contributed by atoms with van der Waals surface area (Å²) in [6.45, 7) is 7.72. The second kappa shape index (κ2) is 14.5. The molecule has 0 saturated carbocycles. The summed E-state index contributed by atoms with van der Waals surface area (Å²) in [5, 5.41) is 10.8. The van der Waals surface area contributed by atoms with E-state index in [1.54, 1.807) is 6.92 Å². The molecule has 0 aliphatic rings. The molecule has 0 aromatic rings. The molecule has 0 aliphatic carbocycles. The maximum Gasteiger partial charge on any atom is 0.322 e. The lowest BCUT2D eigenvalue weighted by Crippen LogP contribution is -2.29. The van der Waals surface area contributed by atoms with Crippen molar-refractivity contribution in [1.29, 1.82) is 0 Å². The van der Waals surface area contributed by atoms with E-state index in [-0.39, 0.29) is 18.6 Å². The summed E-state index contributed by atoms with van der Waals surface area (Å²) < 4.78 is 14.9. The second-order valence-electron chi connectivity index (χ2n) is 5.76. The van der Waals surface area contributed by atoms with Crippen molar-refractivity contribution in [2.24, 2.45) is 0 Å². The van der Waals surface area contributed by atoms with E-state index in [0.717, 1.165) is 38.5 Å². The third kappa shape index (κ3) is 11.7. The third-order valence-electron chi connectivity index (χ3n) is 3.38. The average Bonchev–Trinajstić information content (AvgIpc) is 2.54. The fourth-order valence-corrected chi connectivity index (χ4v) is 2.49. The summed E-state index contributed by atoms with van der Waals surface area (Å²) in [4.78, 5) is 24.1. The van der Waals surface area contributed by atoms with Crippen LogP contribution < -0.4 is 0 Å². The summed E-state index contributed by atoms with van der Waals surface area (Å²) in [6.07, 6.45) is 4.76. The Kier molecular flexibility index (Phi) is 14.0. The van der Waals surface area contributed by atoms with Gasteiger partial charge in [-0.25, -0.2) is 5.26 Å². The highest BCUT2D eigenvalue weighted by molar-refractivity contribution is 7.95. The Labute approximate surface area is 148 Å². The summed E-state index contributed by atoms with van der Waals surface area (Å²) >= 11 is 0.521. The second-order valence-corrected chi connectivity index (χ2v) is 6.66. The van der Waals surface area contributed by atoms with Gasteiger partial charge in [-0.1, -0.05) is 44.6 Å². The van der Waals surface area contributed by atoms with Crippen LogP contribution in [0, 0.1) is 0 Å². The van der Waals surface area contributed by atoms with Gasteiger partial charge in [0.2, 0.25) is 0 Å². The lowest BCUT2D eigenvalue weighted by atomic mass is 10.2. The van der Waals surface area contributed by atoms with Crippen LogP contribution in [0.4, 0.5) is 0 Å². The number of ether oxygens (including phenoxy) is 2. The minimum atomic E-state index is -0.966. The van der Waals surface area contributed by atoms with Gasteiger partial charge in [-0.15, -0.1) is 4.33 Å². The molecule has 3 atom stereocenters. The zero-order chi connectivity index (χ0) is 18.4. The van der Waals surface area contributed by atoms with Gasteiger partial charge in [0.05, 0.1) is 30.7 Å². The molecule has 0 bridgehead atoms. The Bertz CT molecular complexity index is 351. The molecule has 0 rings (SSSR count). The zero-order valence-corrected chi connectivity index (χ0v) is 15.8. The number of hydrogen-bond acceptors (Lipinski definition) is 8. The maximum absolute atomic E-state index is 12.1. The highest BCUT2D eigenvalue weighted by atomic mass is 32.2. The van der Waals surface area contributed by atoms with Crippen molar-refractivity contribution in [3.63, 3.8) is 0 Å². The van der Waals surface area contributed by atoms with Gasteiger partial charge in [0.25, 0.3) is 0 Å². The fraction of sp³-hybridized carbons (Fsp3) is 0.875. The first kappa shape index (κ1) is 23.2. The van der Waals surface area contributed by atoms with Gasteiger partial charge in [-0.3, -0.25) is 9.59 Å². The monoisotopic (exact) mass is 366 g/mol. The molecule has 0 radical (unpaired) electrons. The predicted octanol–water partition coefficient (Wildman–Crippen LogP) is 4.06. The molecule has 7 nitrogen and oxygen atoms in total. The molecule has 0 heterocycles. The highest BCUT2D eigenvalue weighted by Crippen LogP contribution is 2.20. The highest BCUT2D eigenvalue weighted by Gasteiger charge is 2.28. The molecular weight excluding hydrogens is 336 g/mol. The van der Waals surface area contributed by atoms with Gasteiger partial charge in [-0.2, -0.15) is 0 Å². The molecule has 0 aromatic heterocycles. The van der Waals surface area contributed by atoms with Gasteiger partial charge >= 0.3 is 11.9 Å². The first-order valence-electron chi connectivity index (χ1n) is 8.48. The van der Waals surface area contributed by atoms with E-state index in [0.29, 0.717) is 12.0 Å². The van der Waals surface area contributed by atoms with Gasteiger partial charge < -0.3 is 9.47 Å². The summed E-state index contributed by atoms with van der Waals surface area (Å²) in [7, 11) is 0. The van der Waals surface area contributed by atoms with E-state index < -0.39 is 17.2 Å². The van der Waals surface area contributed by atoms with E-state index >= 15 is 0 Å². The fourth-order valence-electron chi connectivity index (χ4n) is 2.02. The first-order valence-corrected chi connectivity index (χ1v) is 9.28. The number of rotatable bonds is 14. The van der Waals surface area contributed by atoms with Crippen molar-refractivity contribution in [2.45, 2.75) is 90.1 Å². The Morgan fingerprint density at radius 1 is 1.00 bits per heavy atom. The van der Waals surface area contributed by atoms with Gasteiger partial charge in [0, 0.05) is 0 Å². The lowest BCUT2D eigenvalue weighted by molar-refractivity contribution is -0.432. The number of carbonyl (C=O) groups excluding carboxylic acids is 2. The van der Waals surface area contributed by atoms with Crippen molar-refractivity contribution in [3.05, 3.63) is 0 Å². The van der Waals surface area contributed by atoms with E-state index in [1.807, 2.05) is 6.92 Å². The van der Waals surface area contributed by atoms with Crippen LogP contribution in [0.3, 0.4) is 0 Å². The molecule has 0 saturated heterocycles. The van der Waals surface area contributed by atoms with Crippen molar-refractivity contribution in [2.75, 3.05) is 0 Å². The number of carbonyl (C=O) groups is 2. The molecule has 0 aromatic carbocycles. The lowest BCUT2D eigenvalue weighted by Gasteiger charge is -2.18. The topological polar surface area (TPSA) is 91.3 Å². The molecule has 142 valence electrons. The van der Waals surface area contributed by atoms with Crippen molar-refractivity contribution in [1.82, 2.24) is 0 Å². The van der Waals surface area contributed by atoms with Crippen LogP contribution in [0.25, 0.3) is 0 Å². The minimum absolute atomic E-state index is 0.211. The molecule has 0 aliphatic heterocycles. The van der Waals surface area contributed by atoms with E-state index in [4.69, 9.17) is 14.7 Å². The molecular formula is C16H30O7S. The zero-order valence-electron chi connectivity index (χ0n) is 15.0. The summed E-state index contributed by atoms with van der Waals surface area (Å²) in [5.41, 5.74) is 0. The maximum atomic E-state index is 12.1. The van der Waals surface area contributed by atoms with E-state index in [2.05, 4.69) is 23.2 Å². The van der Waals surface area contributed by atoms with Gasteiger partial charge in [0.1, 0.15) is 5.25 Å².